The molecule has 0 unspecified atom stereocenters. The largest absolute Gasteiger partial charge is 0.478 e. The van der Waals surface area contributed by atoms with Crippen molar-refractivity contribution in [1.82, 2.24) is 9.78 Å². The Morgan fingerprint density at radius 2 is 2.24 bits per heavy atom. The van der Waals surface area contributed by atoms with E-state index in [0.717, 1.165) is 10.6 Å². The number of hydrogen-bond acceptors (Lipinski definition) is 3. The fraction of sp³-hybridized carbons (Fsp3) is 0.167. The molecule has 17 heavy (non-hydrogen) atoms. The summed E-state index contributed by atoms with van der Waals surface area (Å²) in [4.78, 5) is 12.1. The van der Waals surface area contributed by atoms with Crippen LogP contribution in [0.4, 0.5) is 0 Å². The van der Waals surface area contributed by atoms with E-state index in [1.54, 1.807) is 23.4 Å². The van der Waals surface area contributed by atoms with E-state index in [2.05, 4.69) is 5.10 Å². The number of thioether (sulfide) groups is 1. The van der Waals surface area contributed by atoms with Gasteiger partial charge >= 0.3 is 5.97 Å². The second kappa shape index (κ2) is 4.63. The van der Waals surface area contributed by atoms with Gasteiger partial charge in [0.1, 0.15) is 5.56 Å². The molecule has 0 saturated carbocycles. The third-order valence-electron chi connectivity index (χ3n) is 2.54. The molecular formula is C12H12N2O2S. The van der Waals surface area contributed by atoms with Crippen molar-refractivity contribution in [2.45, 2.75) is 11.8 Å². The number of hydrogen-bond donors (Lipinski definition) is 1. The van der Waals surface area contributed by atoms with Crippen LogP contribution in [0.5, 0.6) is 0 Å². The maximum atomic E-state index is 10.9. The second-order valence-electron chi connectivity index (χ2n) is 3.56. The molecule has 88 valence electrons. The highest BCUT2D eigenvalue weighted by Gasteiger charge is 2.13. The van der Waals surface area contributed by atoms with Crippen molar-refractivity contribution in [1.29, 1.82) is 0 Å². The van der Waals surface area contributed by atoms with E-state index in [1.807, 2.05) is 30.5 Å². The van der Waals surface area contributed by atoms with Crippen molar-refractivity contribution in [3.8, 4) is 5.69 Å². The molecule has 2 rings (SSSR count). The van der Waals surface area contributed by atoms with Gasteiger partial charge in [-0.1, -0.05) is 6.07 Å². The molecule has 1 aromatic heterocycles. The lowest BCUT2D eigenvalue weighted by Gasteiger charge is -2.06. The van der Waals surface area contributed by atoms with Crippen molar-refractivity contribution in [2.75, 3.05) is 6.26 Å². The summed E-state index contributed by atoms with van der Waals surface area (Å²) < 4.78 is 1.64. The van der Waals surface area contributed by atoms with Crippen molar-refractivity contribution in [3.05, 3.63) is 41.7 Å². The predicted molar refractivity (Wildman–Crippen MR) is 67.0 cm³/mol. The van der Waals surface area contributed by atoms with Gasteiger partial charge in [-0.3, -0.25) is 0 Å². The number of benzene rings is 1. The van der Waals surface area contributed by atoms with Gasteiger partial charge in [-0.05, 0) is 31.4 Å². The highest BCUT2D eigenvalue weighted by Crippen LogP contribution is 2.20. The first-order valence-corrected chi connectivity index (χ1v) is 6.28. The fourth-order valence-corrected chi connectivity index (χ4v) is 2.08. The zero-order valence-electron chi connectivity index (χ0n) is 9.54. The number of aromatic nitrogens is 2. The van der Waals surface area contributed by atoms with Crippen LogP contribution in [-0.2, 0) is 0 Å². The molecule has 0 aliphatic carbocycles. The Balaban J connectivity index is 2.49. The summed E-state index contributed by atoms with van der Waals surface area (Å²) in [7, 11) is 0. The van der Waals surface area contributed by atoms with E-state index < -0.39 is 5.97 Å². The first-order valence-electron chi connectivity index (χ1n) is 5.06. The molecule has 0 aliphatic rings. The van der Waals surface area contributed by atoms with Crippen molar-refractivity contribution < 1.29 is 9.90 Å². The number of rotatable bonds is 3. The van der Waals surface area contributed by atoms with E-state index in [-0.39, 0.29) is 5.56 Å². The quantitative estimate of drug-likeness (QED) is 0.848. The smallest absolute Gasteiger partial charge is 0.339 e. The Hall–Kier alpha value is -1.75. The van der Waals surface area contributed by atoms with Crippen molar-refractivity contribution >= 4 is 17.7 Å². The van der Waals surface area contributed by atoms with Crippen molar-refractivity contribution in [2.24, 2.45) is 0 Å². The SMILES string of the molecule is CSc1cccc(-n2ncc(C(=O)O)c2C)c1. The van der Waals surface area contributed by atoms with E-state index in [9.17, 15) is 4.79 Å². The number of carboxylic acids is 1. The lowest BCUT2D eigenvalue weighted by Crippen LogP contribution is -2.02. The van der Waals surface area contributed by atoms with Gasteiger partial charge in [0.25, 0.3) is 0 Å². The summed E-state index contributed by atoms with van der Waals surface area (Å²) in [6.07, 6.45) is 3.38. The average molecular weight is 248 g/mol. The van der Waals surface area contributed by atoms with E-state index in [4.69, 9.17) is 5.11 Å². The summed E-state index contributed by atoms with van der Waals surface area (Å²) >= 11 is 1.64. The molecule has 0 saturated heterocycles. The number of aromatic carboxylic acids is 1. The summed E-state index contributed by atoms with van der Waals surface area (Å²) in [5, 5.41) is 13.1. The van der Waals surface area contributed by atoms with Crippen LogP contribution in [0, 0.1) is 6.92 Å². The maximum Gasteiger partial charge on any atom is 0.339 e. The fourth-order valence-electron chi connectivity index (χ4n) is 1.62. The van der Waals surface area contributed by atoms with Crippen LogP contribution in [0.25, 0.3) is 5.69 Å². The minimum atomic E-state index is -0.949. The Bertz CT molecular complexity index is 563. The molecule has 2 aromatic rings. The van der Waals surface area contributed by atoms with Crippen LogP contribution in [0.2, 0.25) is 0 Å². The molecule has 1 heterocycles. The van der Waals surface area contributed by atoms with Crippen LogP contribution in [0.15, 0.2) is 35.4 Å². The summed E-state index contributed by atoms with van der Waals surface area (Å²) in [5.74, 6) is -0.949. The van der Waals surface area contributed by atoms with Gasteiger partial charge in [-0.2, -0.15) is 5.10 Å². The lowest BCUT2D eigenvalue weighted by atomic mass is 10.2. The zero-order chi connectivity index (χ0) is 12.4. The molecule has 0 spiro atoms. The zero-order valence-corrected chi connectivity index (χ0v) is 10.4. The molecule has 0 bridgehead atoms. The topological polar surface area (TPSA) is 55.1 Å². The first-order chi connectivity index (χ1) is 8.13. The van der Waals surface area contributed by atoms with Gasteiger partial charge in [-0.15, -0.1) is 11.8 Å². The molecule has 0 atom stereocenters. The Kier molecular flexibility index (Phi) is 3.19. The van der Waals surface area contributed by atoms with Crippen LogP contribution < -0.4 is 0 Å². The van der Waals surface area contributed by atoms with E-state index in [0.29, 0.717) is 5.69 Å². The van der Waals surface area contributed by atoms with Gasteiger partial charge in [0, 0.05) is 4.90 Å². The van der Waals surface area contributed by atoms with Crippen molar-refractivity contribution in [3.63, 3.8) is 0 Å². The molecule has 0 fully saturated rings. The Morgan fingerprint density at radius 1 is 1.47 bits per heavy atom. The van der Waals surface area contributed by atoms with Crippen LogP contribution in [0.1, 0.15) is 16.1 Å². The number of carbonyl (C=O) groups is 1. The number of nitrogens with zero attached hydrogens (tertiary/aromatic N) is 2. The number of carboxylic acid groups (broad SMARTS) is 1. The van der Waals surface area contributed by atoms with E-state index in [1.165, 1.54) is 6.20 Å². The molecule has 0 radical (unpaired) electrons. The van der Waals surface area contributed by atoms with Crippen LogP contribution in [0.3, 0.4) is 0 Å². The Labute approximate surface area is 103 Å². The van der Waals surface area contributed by atoms with Crippen LogP contribution >= 0.6 is 11.8 Å². The molecule has 1 N–H and O–H groups in total. The van der Waals surface area contributed by atoms with Gasteiger partial charge in [0.15, 0.2) is 0 Å². The summed E-state index contributed by atoms with van der Waals surface area (Å²) in [5.41, 5.74) is 1.75. The molecule has 5 heteroatoms. The highest BCUT2D eigenvalue weighted by molar-refractivity contribution is 7.98. The van der Waals surface area contributed by atoms with E-state index >= 15 is 0 Å². The molecular weight excluding hydrogens is 236 g/mol. The van der Waals surface area contributed by atoms with Crippen LogP contribution in [-0.4, -0.2) is 27.1 Å². The Morgan fingerprint density at radius 3 is 2.82 bits per heavy atom. The van der Waals surface area contributed by atoms with Gasteiger partial charge in [0.2, 0.25) is 0 Å². The highest BCUT2D eigenvalue weighted by atomic mass is 32.2. The predicted octanol–water partition coefficient (Wildman–Crippen LogP) is 2.60. The molecule has 1 aromatic carbocycles. The monoisotopic (exact) mass is 248 g/mol. The summed E-state index contributed by atoms with van der Waals surface area (Å²) in [6, 6.07) is 7.83. The normalized spacial score (nSPS) is 10.5. The first kappa shape index (κ1) is 11.7. The molecule has 4 nitrogen and oxygen atoms in total. The second-order valence-corrected chi connectivity index (χ2v) is 4.44. The van der Waals surface area contributed by atoms with Gasteiger partial charge < -0.3 is 5.11 Å². The molecule has 0 aliphatic heterocycles. The third kappa shape index (κ3) is 2.19. The van der Waals surface area contributed by atoms with Gasteiger partial charge in [-0.25, -0.2) is 9.48 Å². The standard InChI is InChI=1S/C12H12N2O2S/c1-8-11(12(15)16)7-13-14(8)9-4-3-5-10(6-9)17-2/h3-7H,1-2H3,(H,15,16). The minimum Gasteiger partial charge on any atom is -0.478 e. The third-order valence-corrected chi connectivity index (χ3v) is 3.26. The maximum absolute atomic E-state index is 10.9. The van der Waals surface area contributed by atoms with Gasteiger partial charge in [0.05, 0.1) is 17.6 Å². The minimum absolute atomic E-state index is 0.236. The summed E-state index contributed by atoms with van der Waals surface area (Å²) in [6.45, 7) is 1.75. The molecule has 0 amide bonds. The average Bonchev–Trinajstić information content (AvgIpc) is 2.71. The lowest BCUT2D eigenvalue weighted by molar-refractivity contribution is 0.0696.